The Morgan fingerprint density at radius 1 is 1.10 bits per heavy atom. The van der Waals surface area contributed by atoms with Gasteiger partial charge >= 0.3 is 0 Å². The molecule has 0 radical (unpaired) electrons. The summed E-state index contributed by atoms with van der Waals surface area (Å²) >= 11 is 0. The number of aryl methyl sites for hydroxylation is 1. The number of nitrogens with one attached hydrogen (secondary N) is 1. The molecule has 4 heteroatoms. The van der Waals surface area contributed by atoms with Crippen molar-refractivity contribution in [2.45, 2.75) is 12.8 Å². The first kappa shape index (κ1) is 16.3. The van der Waals surface area contributed by atoms with Crippen LogP contribution in [0.5, 0.6) is 17.2 Å². The van der Waals surface area contributed by atoms with Crippen LogP contribution in [0.3, 0.4) is 0 Å². The van der Waals surface area contributed by atoms with Gasteiger partial charge in [-0.3, -0.25) is 0 Å². The topological polar surface area (TPSA) is 41.5 Å². The van der Waals surface area contributed by atoms with Gasteiger partial charge in [0.25, 0.3) is 0 Å². The molecule has 0 aliphatic heterocycles. The molecule has 0 aromatic heterocycles. The third-order valence-electron chi connectivity index (χ3n) is 2.89. The van der Waals surface area contributed by atoms with E-state index >= 15 is 0 Å². The Bertz CT molecular complexity index is 517. The molecule has 0 saturated carbocycles. The van der Waals surface area contributed by atoms with Crippen molar-refractivity contribution >= 4 is 12.4 Å². The van der Waals surface area contributed by atoms with Gasteiger partial charge in [-0.1, -0.05) is 18.2 Å². The van der Waals surface area contributed by atoms with Crippen LogP contribution in [-0.4, -0.2) is 18.7 Å². The Morgan fingerprint density at radius 2 is 1.85 bits per heavy atom. The Hall–Kier alpha value is -1.71. The first-order chi connectivity index (χ1) is 9.29. The van der Waals surface area contributed by atoms with E-state index in [4.69, 9.17) is 4.74 Å². The predicted octanol–water partition coefficient (Wildman–Crippen LogP) is 3.76. The maximum atomic E-state index is 9.59. The number of rotatable bonds is 6. The van der Waals surface area contributed by atoms with Crippen LogP contribution in [0.25, 0.3) is 0 Å². The lowest BCUT2D eigenvalue weighted by atomic mass is 10.1. The van der Waals surface area contributed by atoms with Gasteiger partial charge in [-0.15, -0.1) is 12.4 Å². The number of hydrogen-bond donors (Lipinski definition) is 2. The van der Waals surface area contributed by atoms with Gasteiger partial charge < -0.3 is 15.2 Å². The molecule has 0 unspecified atom stereocenters. The van der Waals surface area contributed by atoms with Crippen LogP contribution < -0.4 is 10.1 Å². The summed E-state index contributed by atoms with van der Waals surface area (Å²) in [5.41, 5.74) is 1.03. The van der Waals surface area contributed by atoms with Crippen molar-refractivity contribution in [3.63, 3.8) is 0 Å². The summed E-state index contributed by atoms with van der Waals surface area (Å²) in [4.78, 5) is 0. The van der Waals surface area contributed by atoms with E-state index in [9.17, 15) is 5.11 Å². The fourth-order valence-corrected chi connectivity index (χ4v) is 1.93. The van der Waals surface area contributed by atoms with Crippen LogP contribution in [-0.2, 0) is 6.42 Å². The van der Waals surface area contributed by atoms with Gasteiger partial charge in [0.1, 0.15) is 17.2 Å². The standard InChI is InChI=1S/C16H19NO2.ClH/c1-17-11-5-6-13-12-14(18)9-10-16(13)19-15-7-3-2-4-8-15;/h2-4,7-10,12,17-18H,5-6,11H2,1H3;1H. The number of phenols is 1. The Morgan fingerprint density at radius 3 is 2.55 bits per heavy atom. The first-order valence-electron chi connectivity index (χ1n) is 6.49. The van der Waals surface area contributed by atoms with Gasteiger partial charge in [-0.05, 0) is 62.3 Å². The third-order valence-corrected chi connectivity index (χ3v) is 2.89. The molecule has 0 aliphatic rings. The van der Waals surface area contributed by atoms with Crippen molar-refractivity contribution in [2.75, 3.05) is 13.6 Å². The zero-order valence-corrected chi connectivity index (χ0v) is 12.3. The quantitative estimate of drug-likeness (QED) is 0.797. The molecule has 0 heterocycles. The highest BCUT2D eigenvalue weighted by molar-refractivity contribution is 5.85. The molecule has 3 nitrogen and oxygen atoms in total. The number of aromatic hydroxyl groups is 1. The molecule has 0 spiro atoms. The van der Waals surface area contributed by atoms with E-state index in [-0.39, 0.29) is 18.2 Å². The Labute approximate surface area is 126 Å². The molecule has 0 atom stereocenters. The van der Waals surface area contributed by atoms with Gasteiger partial charge in [0.05, 0.1) is 0 Å². The second kappa shape index (κ2) is 8.46. The molecular formula is C16H20ClNO2. The molecular weight excluding hydrogens is 274 g/mol. The number of hydrogen-bond acceptors (Lipinski definition) is 3. The van der Waals surface area contributed by atoms with Gasteiger partial charge in [-0.2, -0.15) is 0 Å². The molecule has 108 valence electrons. The monoisotopic (exact) mass is 293 g/mol. The molecule has 0 fully saturated rings. The van der Waals surface area contributed by atoms with Gasteiger partial charge in [0.15, 0.2) is 0 Å². The summed E-state index contributed by atoms with van der Waals surface area (Å²) in [6.07, 6.45) is 1.88. The Kier molecular flexibility index (Phi) is 6.91. The van der Waals surface area contributed by atoms with Crippen molar-refractivity contribution < 1.29 is 9.84 Å². The molecule has 0 saturated heterocycles. The smallest absolute Gasteiger partial charge is 0.130 e. The van der Waals surface area contributed by atoms with E-state index in [2.05, 4.69) is 5.32 Å². The molecule has 2 N–H and O–H groups in total. The largest absolute Gasteiger partial charge is 0.508 e. The SMILES string of the molecule is CNCCCc1cc(O)ccc1Oc1ccccc1.Cl. The first-order valence-corrected chi connectivity index (χ1v) is 6.49. The minimum Gasteiger partial charge on any atom is -0.508 e. The summed E-state index contributed by atoms with van der Waals surface area (Å²) in [5, 5.41) is 12.7. The van der Waals surface area contributed by atoms with Gasteiger partial charge in [-0.25, -0.2) is 0 Å². The second-order valence-corrected chi connectivity index (χ2v) is 4.41. The summed E-state index contributed by atoms with van der Waals surface area (Å²) in [6, 6.07) is 14.9. The van der Waals surface area contributed by atoms with Crippen molar-refractivity contribution in [1.82, 2.24) is 5.32 Å². The molecule has 2 aromatic rings. The summed E-state index contributed by atoms with van der Waals surface area (Å²) in [7, 11) is 1.93. The highest BCUT2D eigenvalue weighted by Gasteiger charge is 2.06. The summed E-state index contributed by atoms with van der Waals surface area (Å²) in [6.45, 7) is 0.945. The minimum absolute atomic E-state index is 0. The average Bonchev–Trinajstić information content (AvgIpc) is 2.43. The number of para-hydroxylation sites is 1. The van der Waals surface area contributed by atoms with Crippen molar-refractivity contribution in [2.24, 2.45) is 0 Å². The average molecular weight is 294 g/mol. The maximum absolute atomic E-state index is 9.59. The van der Waals surface area contributed by atoms with Gasteiger partial charge in [0.2, 0.25) is 0 Å². The predicted molar refractivity (Wildman–Crippen MR) is 84.1 cm³/mol. The zero-order valence-electron chi connectivity index (χ0n) is 11.5. The van der Waals surface area contributed by atoms with E-state index in [1.807, 2.05) is 43.4 Å². The number of benzene rings is 2. The lowest BCUT2D eigenvalue weighted by molar-refractivity contribution is 0.458. The lowest BCUT2D eigenvalue weighted by Gasteiger charge is -2.11. The van der Waals surface area contributed by atoms with Crippen LogP contribution in [0.4, 0.5) is 0 Å². The normalized spacial score (nSPS) is 9.85. The molecule has 2 rings (SSSR count). The minimum atomic E-state index is 0. The third kappa shape index (κ3) is 4.76. The van der Waals surface area contributed by atoms with E-state index in [1.54, 1.807) is 12.1 Å². The molecule has 20 heavy (non-hydrogen) atoms. The van der Waals surface area contributed by atoms with Gasteiger partial charge in [0, 0.05) is 0 Å². The molecule has 0 aliphatic carbocycles. The fraction of sp³-hybridized carbons (Fsp3) is 0.250. The summed E-state index contributed by atoms with van der Waals surface area (Å²) < 4.78 is 5.86. The second-order valence-electron chi connectivity index (χ2n) is 4.41. The lowest BCUT2D eigenvalue weighted by Crippen LogP contribution is -2.08. The van der Waals surface area contributed by atoms with Crippen molar-refractivity contribution in [1.29, 1.82) is 0 Å². The van der Waals surface area contributed by atoms with Crippen molar-refractivity contribution in [3.8, 4) is 17.2 Å². The maximum Gasteiger partial charge on any atom is 0.130 e. The van der Waals surface area contributed by atoms with E-state index < -0.39 is 0 Å². The highest BCUT2D eigenvalue weighted by Crippen LogP contribution is 2.29. The molecule has 0 bridgehead atoms. The van der Waals surface area contributed by atoms with Crippen LogP contribution in [0.2, 0.25) is 0 Å². The Balaban J connectivity index is 0.00000200. The van der Waals surface area contributed by atoms with Crippen LogP contribution in [0.15, 0.2) is 48.5 Å². The number of phenolic OH excluding ortho intramolecular Hbond substituents is 1. The van der Waals surface area contributed by atoms with E-state index in [1.165, 1.54) is 0 Å². The molecule has 0 amide bonds. The van der Waals surface area contributed by atoms with Crippen LogP contribution in [0.1, 0.15) is 12.0 Å². The fourth-order valence-electron chi connectivity index (χ4n) is 1.93. The summed E-state index contributed by atoms with van der Waals surface area (Å²) in [5.74, 6) is 1.89. The zero-order chi connectivity index (χ0) is 13.5. The molecule has 2 aromatic carbocycles. The van der Waals surface area contributed by atoms with Crippen LogP contribution in [0, 0.1) is 0 Å². The number of ether oxygens (including phenoxy) is 1. The highest BCUT2D eigenvalue weighted by atomic mass is 35.5. The number of halogens is 1. The van der Waals surface area contributed by atoms with E-state index in [0.29, 0.717) is 0 Å². The van der Waals surface area contributed by atoms with E-state index in [0.717, 1.165) is 36.4 Å². The van der Waals surface area contributed by atoms with Crippen LogP contribution >= 0.6 is 12.4 Å². The van der Waals surface area contributed by atoms with Crippen molar-refractivity contribution in [3.05, 3.63) is 54.1 Å².